The van der Waals surface area contributed by atoms with Gasteiger partial charge in [0.1, 0.15) is 6.04 Å². The first-order valence-corrected chi connectivity index (χ1v) is 11.9. The van der Waals surface area contributed by atoms with E-state index in [0.29, 0.717) is 16.8 Å². The number of anilines is 1. The summed E-state index contributed by atoms with van der Waals surface area (Å²) < 4.78 is 27.4. The molecule has 3 rings (SSSR count). The van der Waals surface area contributed by atoms with Crippen molar-refractivity contribution in [2.45, 2.75) is 24.3 Å². The van der Waals surface area contributed by atoms with Crippen LogP contribution >= 0.6 is 0 Å². The second-order valence-corrected chi connectivity index (χ2v) is 9.30. The number of nitrogens with one attached hydrogen (secondary N) is 2. The van der Waals surface area contributed by atoms with E-state index in [1.165, 1.54) is 18.0 Å². The molecule has 0 aliphatic heterocycles. The lowest BCUT2D eigenvalue weighted by Crippen LogP contribution is -2.52. The highest BCUT2D eigenvalue weighted by Gasteiger charge is 2.28. The van der Waals surface area contributed by atoms with Crippen LogP contribution in [0.1, 0.15) is 16.7 Å². The molecular weight excluding hydrogens is 452 g/mol. The van der Waals surface area contributed by atoms with Gasteiger partial charge in [0.15, 0.2) is 0 Å². The highest BCUT2D eigenvalue weighted by atomic mass is 32.2. The van der Waals surface area contributed by atoms with Crippen molar-refractivity contribution in [3.63, 3.8) is 0 Å². The van der Waals surface area contributed by atoms with Crippen molar-refractivity contribution >= 4 is 27.6 Å². The fraction of sp³-hybridized carbons (Fsp3) is 0.160. The van der Waals surface area contributed by atoms with Gasteiger partial charge in [0.2, 0.25) is 5.91 Å². The molecular formula is C25H24N4O4S. The van der Waals surface area contributed by atoms with E-state index in [1.54, 1.807) is 73.7 Å². The highest BCUT2D eigenvalue weighted by molar-refractivity contribution is 7.90. The number of urea groups is 1. The average Bonchev–Trinajstić information content (AvgIpc) is 2.83. The zero-order valence-corrected chi connectivity index (χ0v) is 19.5. The lowest BCUT2D eigenvalue weighted by Gasteiger charge is -2.25. The molecule has 0 saturated carbocycles. The number of benzene rings is 3. The van der Waals surface area contributed by atoms with Crippen molar-refractivity contribution < 1.29 is 18.0 Å². The number of nitriles is 1. The molecule has 3 aromatic carbocycles. The van der Waals surface area contributed by atoms with Gasteiger partial charge in [-0.2, -0.15) is 5.26 Å². The topological polar surface area (TPSA) is 119 Å². The van der Waals surface area contributed by atoms with Gasteiger partial charge in [0.05, 0.1) is 16.5 Å². The van der Waals surface area contributed by atoms with Crippen molar-refractivity contribution in [2.75, 3.05) is 11.9 Å². The van der Waals surface area contributed by atoms with E-state index in [2.05, 4.69) is 5.32 Å². The van der Waals surface area contributed by atoms with E-state index in [0.717, 1.165) is 5.56 Å². The maximum absolute atomic E-state index is 13.3. The van der Waals surface area contributed by atoms with E-state index >= 15 is 0 Å². The molecule has 1 unspecified atom stereocenters. The first-order chi connectivity index (χ1) is 16.2. The van der Waals surface area contributed by atoms with E-state index in [-0.39, 0.29) is 11.3 Å². The minimum atomic E-state index is -4.14. The number of carbonyl (C=O) groups is 2. The Morgan fingerprint density at radius 1 is 1.00 bits per heavy atom. The molecule has 0 aliphatic carbocycles. The molecule has 0 heterocycles. The predicted octanol–water partition coefficient (Wildman–Crippen LogP) is 3.13. The molecule has 0 saturated heterocycles. The Morgan fingerprint density at radius 3 is 2.35 bits per heavy atom. The van der Waals surface area contributed by atoms with E-state index in [1.807, 2.05) is 16.9 Å². The van der Waals surface area contributed by atoms with Crippen LogP contribution in [0.3, 0.4) is 0 Å². The van der Waals surface area contributed by atoms with Crippen LogP contribution in [0.4, 0.5) is 10.5 Å². The Hall–Kier alpha value is -4.16. The third-order valence-electron chi connectivity index (χ3n) is 5.19. The quantitative estimate of drug-likeness (QED) is 0.543. The molecule has 3 amide bonds. The van der Waals surface area contributed by atoms with Gasteiger partial charge >= 0.3 is 6.03 Å². The normalized spacial score (nSPS) is 11.7. The van der Waals surface area contributed by atoms with Crippen LogP contribution < -0.4 is 14.9 Å². The van der Waals surface area contributed by atoms with Crippen LogP contribution in [0.2, 0.25) is 0 Å². The van der Waals surface area contributed by atoms with Gasteiger partial charge in [-0.15, -0.1) is 0 Å². The molecule has 9 heteroatoms. The minimum Gasteiger partial charge on any atom is -0.325 e. The van der Waals surface area contributed by atoms with Crippen molar-refractivity contribution in [1.29, 1.82) is 5.26 Å². The number of rotatable bonds is 7. The van der Waals surface area contributed by atoms with Crippen LogP contribution in [-0.2, 0) is 21.2 Å². The molecule has 0 fully saturated rings. The molecule has 34 heavy (non-hydrogen) atoms. The Labute approximate surface area is 198 Å². The smallest absolute Gasteiger partial charge is 0.325 e. The van der Waals surface area contributed by atoms with Gasteiger partial charge in [-0.25, -0.2) is 17.9 Å². The first-order valence-electron chi connectivity index (χ1n) is 10.4. The number of hydrogen-bond donors (Lipinski definition) is 2. The molecule has 174 valence electrons. The summed E-state index contributed by atoms with van der Waals surface area (Å²) in [5.41, 5.74) is 2.11. The zero-order valence-electron chi connectivity index (χ0n) is 18.7. The Kier molecular flexibility index (Phi) is 7.66. The fourth-order valence-electron chi connectivity index (χ4n) is 3.42. The van der Waals surface area contributed by atoms with Gasteiger partial charge in [-0.3, -0.25) is 4.79 Å². The summed E-state index contributed by atoms with van der Waals surface area (Å²) in [5, 5.41) is 11.7. The van der Waals surface area contributed by atoms with Crippen LogP contribution in [0, 0.1) is 18.3 Å². The SMILES string of the molecule is Cc1ccccc1S(=O)(=O)NC(=O)NC(Cc1ccccc1)C(=O)N(C)c1cccc(C#N)c1. The van der Waals surface area contributed by atoms with Crippen LogP contribution in [0.15, 0.2) is 83.8 Å². The third-order valence-corrected chi connectivity index (χ3v) is 6.68. The van der Waals surface area contributed by atoms with E-state index in [9.17, 15) is 18.0 Å². The van der Waals surface area contributed by atoms with E-state index in [4.69, 9.17) is 5.26 Å². The van der Waals surface area contributed by atoms with Gasteiger partial charge in [0, 0.05) is 19.2 Å². The maximum atomic E-state index is 13.3. The van der Waals surface area contributed by atoms with Gasteiger partial charge in [0.25, 0.3) is 10.0 Å². The summed E-state index contributed by atoms with van der Waals surface area (Å²) in [4.78, 5) is 27.3. The molecule has 0 spiro atoms. The third kappa shape index (κ3) is 5.99. The van der Waals surface area contributed by atoms with E-state index < -0.39 is 28.0 Å². The second kappa shape index (κ2) is 10.6. The van der Waals surface area contributed by atoms with Crippen molar-refractivity contribution in [1.82, 2.24) is 10.0 Å². The van der Waals surface area contributed by atoms with Crippen LogP contribution in [0.25, 0.3) is 0 Å². The molecule has 8 nitrogen and oxygen atoms in total. The molecule has 0 radical (unpaired) electrons. The number of carbonyl (C=O) groups excluding carboxylic acids is 2. The minimum absolute atomic E-state index is 0.0264. The molecule has 0 aliphatic rings. The summed E-state index contributed by atoms with van der Waals surface area (Å²) in [5.74, 6) is -0.470. The number of hydrogen-bond acceptors (Lipinski definition) is 5. The highest BCUT2D eigenvalue weighted by Crippen LogP contribution is 2.17. The molecule has 0 aromatic heterocycles. The Balaban J connectivity index is 1.84. The summed E-state index contributed by atoms with van der Waals surface area (Å²) >= 11 is 0. The average molecular weight is 477 g/mol. The molecule has 1 atom stereocenters. The van der Waals surface area contributed by atoms with Gasteiger partial charge in [-0.05, 0) is 42.3 Å². The molecule has 2 N–H and O–H groups in total. The number of amides is 3. The number of nitrogens with zero attached hydrogens (tertiary/aromatic N) is 2. The summed E-state index contributed by atoms with van der Waals surface area (Å²) in [7, 11) is -2.61. The van der Waals surface area contributed by atoms with Crippen LogP contribution in [0.5, 0.6) is 0 Å². The molecule has 3 aromatic rings. The Bertz CT molecular complexity index is 1330. The maximum Gasteiger partial charge on any atom is 0.329 e. The Morgan fingerprint density at radius 2 is 1.68 bits per heavy atom. The predicted molar refractivity (Wildman–Crippen MR) is 129 cm³/mol. The van der Waals surface area contributed by atoms with Crippen molar-refractivity contribution in [2.24, 2.45) is 0 Å². The van der Waals surface area contributed by atoms with Crippen molar-refractivity contribution in [3.05, 3.63) is 95.6 Å². The molecule has 0 bridgehead atoms. The zero-order chi connectivity index (χ0) is 24.7. The lowest BCUT2D eigenvalue weighted by atomic mass is 10.0. The van der Waals surface area contributed by atoms with Crippen LogP contribution in [-0.4, -0.2) is 33.4 Å². The van der Waals surface area contributed by atoms with Crippen molar-refractivity contribution in [3.8, 4) is 6.07 Å². The largest absolute Gasteiger partial charge is 0.329 e. The van der Waals surface area contributed by atoms with Gasteiger partial charge < -0.3 is 10.2 Å². The first kappa shape index (κ1) is 24.5. The summed E-state index contributed by atoms with van der Waals surface area (Å²) in [6.07, 6.45) is 0.139. The summed E-state index contributed by atoms with van der Waals surface area (Å²) in [6, 6.07) is 21.8. The summed E-state index contributed by atoms with van der Waals surface area (Å²) in [6.45, 7) is 1.62. The number of sulfonamides is 1. The monoisotopic (exact) mass is 476 g/mol. The van der Waals surface area contributed by atoms with Gasteiger partial charge in [-0.1, -0.05) is 54.6 Å². The number of aryl methyl sites for hydroxylation is 1. The fourth-order valence-corrected chi connectivity index (χ4v) is 4.58. The number of likely N-dealkylation sites (N-methyl/N-ethyl adjacent to an activating group) is 1. The lowest BCUT2D eigenvalue weighted by molar-refractivity contribution is -0.120. The standard InChI is InChI=1S/C25H24N4O4S/c1-18-9-6-7-14-23(18)34(32,33)28-25(31)27-22(16-19-10-4-3-5-11-19)24(30)29(2)21-13-8-12-20(15-21)17-26/h3-15,22H,16H2,1-2H3,(H2,27,28,31). The second-order valence-electron chi connectivity index (χ2n) is 7.65.